The first-order valence-corrected chi connectivity index (χ1v) is 9.58. The number of benzene rings is 2. The summed E-state index contributed by atoms with van der Waals surface area (Å²) in [5, 5.41) is 11.0. The van der Waals surface area contributed by atoms with Gasteiger partial charge in [-0.3, -0.25) is 9.59 Å². The van der Waals surface area contributed by atoms with Gasteiger partial charge in [0.15, 0.2) is 6.29 Å². The largest absolute Gasteiger partial charge is 0.507 e. The number of carbonyl (C=O) groups is 2. The molecule has 0 aromatic heterocycles. The fourth-order valence-corrected chi connectivity index (χ4v) is 3.59. The molecule has 1 unspecified atom stereocenters. The topological polar surface area (TPSA) is 94.5 Å². The van der Waals surface area contributed by atoms with Crippen LogP contribution in [0.3, 0.4) is 0 Å². The highest BCUT2D eigenvalue weighted by molar-refractivity contribution is 6.46. The normalized spacial score (nSPS) is 18.0. The van der Waals surface area contributed by atoms with Crippen molar-refractivity contribution in [3.8, 4) is 11.5 Å². The minimum absolute atomic E-state index is 0.0248. The second kappa shape index (κ2) is 9.63. The number of likely N-dealkylation sites (tertiary alicyclic amines) is 1. The van der Waals surface area contributed by atoms with Crippen molar-refractivity contribution >= 4 is 17.4 Å². The molecule has 1 aliphatic rings. The lowest BCUT2D eigenvalue weighted by Gasteiger charge is -2.29. The van der Waals surface area contributed by atoms with Crippen molar-refractivity contribution in [1.29, 1.82) is 0 Å². The summed E-state index contributed by atoms with van der Waals surface area (Å²) in [6.45, 7) is -0.0248. The number of ether oxygens (including phenoxy) is 4. The zero-order valence-electron chi connectivity index (χ0n) is 17.8. The molecular formula is C23H25NO7. The van der Waals surface area contributed by atoms with Gasteiger partial charge in [-0.2, -0.15) is 0 Å². The molecule has 0 aliphatic carbocycles. The average molecular weight is 427 g/mol. The van der Waals surface area contributed by atoms with Gasteiger partial charge in [0.05, 0.1) is 32.4 Å². The summed E-state index contributed by atoms with van der Waals surface area (Å²) < 4.78 is 21.3. The lowest BCUT2D eigenvalue weighted by molar-refractivity contribution is -0.149. The highest BCUT2D eigenvalue weighted by atomic mass is 16.7. The van der Waals surface area contributed by atoms with E-state index in [1.165, 1.54) is 33.3 Å². The molecular weight excluding hydrogens is 402 g/mol. The van der Waals surface area contributed by atoms with Gasteiger partial charge in [0.25, 0.3) is 11.7 Å². The minimum Gasteiger partial charge on any atom is -0.507 e. The number of hydrogen-bond acceptors (Lipinski definition) is 7. The van der Waals surface area contributed by atoms with E-state index in [9.17, 15) is 14.7 Å². The summed E-state index contributed by atoms with van der Waals surface area (Å²) in [7, 11) is 5.89. The standard InChI is InChI=1S/C23H25NO7/c1-28-15-10-11-16(17(12-15)29-2)20-19(21(25)14-8-6-5-7-9-14)22(26)23(27)24(20)13-18(30-3)31-4/h5-12,18,20,25H,13H2,1-4H3/b21-19-. The van der Waals surface area contributed by atoms with E-state index >= 15 is 0 Å². The van der Waals surface area contributed by atoms with Crippen LogP contribution in [0.4, 0.5) is 0 Å². The third kappa shape index (κ3) is 4.26. The van der Waals surface area contributed by atoms with Gasteiger partial charge in [-0.15, -0.1) is 0 Å². The van der Waals surface area contributed by atoms with Crippen LogP contribution >= 0.6 is 0 Å². The molecule has 8 nitrogen and oxygen atoms in total. The van der Waals surface area contributed by atoms with Gasteiger partial charge in [0.2, 0.25) is 0 Å². The number of nitrogens with zero attached hydrogens (tertiary/aromatic N) is 1. The zero-order chi connectivity index (χ0) is 22.5. The Morgan fingerprint density at radius 2 is 1.68 bits per heavy atom. The van der Waals surface area contributed by atoms with Gasteiger partial charge in [0.1, 0.15) is 17.3 Å². The number of aliphatic hydroxyl groups excluding tert-OH is 1. The zero-order valence-corrected chi connectivity index (χ0v) is 17.8. The van der Waals surface area contributed by atoms with E-state index in [2.05, 4.69) is 0 Å². The molecule has 164 valence electrons. The van der Waals surface area contributed by atoms with Gasteiger partial charge in [0, 0.05) is 31.4 Å². The number of hydrogen-bond donors (Lipinski definition) is 1. The molecule has 0 radical (unpaired) electrons. The van der Waals surface area contributed by atoms with Crippen LogP contribution in [0.15, 0.2) is 54.1 Å². The maximum absolute atomic E-state index is 13.0. The SMILES string of the molecule is COc1ccc(C2/C(=C(/O)c3ccccc3)C(=O)C(=O)N2CC(OC)OC)c(OC)c1. The quantitative estimate of drug-likeness (QED) is 0.300. The van der Waals surface area contributed by atoms with Crippen LogP contribution in [0.2, 0.25) is 0 Å². The second-order valence-corrected chi connectivity index (χ2v) is 6.83. The summed E-state index contributed by atoms with van der Waals surface area (Å²) in [6.07, 6.45) is -0.762. The van der Waals surface area contributed by atoms with Crippen molar-refractivity contribution in [2.24, 2.45) is 0 Å². The van der Waals surface area contributed by atoms with E-state index in [4.69, 9.17) is 18.9 Å². The first-order chi connectivity index (χ1) is 15.0. The fraction of sp³-hybridized carbons (Fsp3) is 0.304. The molecule has 1 aliphatic heterocycles. The van der Waals surface area contributed by atoms with Crippen molar-refractivity contribution in [1.82, 2.24) is 4.90 Å². The van der Waals surface area contributed by atoms with Crippen molar-refractivity contribution in [2.75, 3.05) is 35.0 Å². The van der Waals surface area contributed by atoms with Crippen LogP contribution in [-0.2, 0) is 19.1 Å². The molecule has 0 spiro atoms. The van der Waals surface area contributed by atoms with E-state index in [0.717, 1.165) is 0 Å². The molecule has 1 amide bonds. The molecule has 31 heavy (non-hydrogen) atoms. The molecule has 1 heterocycles. The Hall–Kier alpha value is -3.36. The molecule has 8 heteroatoms. The van der Waals surface area contributed by atoms with E-state index in [0.29, 0.717) is 22.6 Å². The molecule has 2 aromatic rings. The van der Waals surface area contributed by atoms with Crippen LogP contribution in [0.5, 0.6) is 11.5 Å². The van der Waals surface area contributed by atoms with Crippen molar-refractivity contribution in [3.05, 3.63) is 65.2 Å². The van der Waals surface area contributed by atoms with Gasteiger partial charge in [-0.1, -0.05) is 30.3 Å². The Bertz CT molecular complexity index is 983. The van der Waals surface area contributed by atoms with Crippen molar-refractivity contribution in [2.45, 2.75) is 12.3 Å². The molecule has 1 N–H and O–H groups in total. The predicted octanol–water partition coefficient (Wildman–Crippen LogP) is 2.74. The number of carbonyl (C=O) groups excluding carboxylic acids is 2. The summed E-state index contributed by atoms with van der Waals surface area (Å²) in [5.41, 5.74) is 0.907. The van der Waals surface area contributed by atoms with Crippen molar-refractivity contribution < 1.29 is 33.6 Å². The molecule has 2 aromatic carbocycles. The number of rotatable bonds is 8. The predicted molar refractivity (Wildman–Crippen MR) is 113 cm³/mol. The van der Waals surface area contributed by atoms with Gasteiger partial charge < -0.3 is 29.0 Å². The Morgan fingerprint density at radius 1 is 1.00 bits per heavy atom. The highest BCUT2D eigenvalue weighted by Gasteiger charge is 2.47. The minimum atomic E-state index is -0.908. The smallest absolute Gasteiger partial charge is 0.295 e. The molecule has 0 saturated carbocycles. The van der Waals surface area contributed by atoms with Crippen LogP contribution < -0.4 is 9.47 Å². The highest BCUT2D eigenvalue weighted by Crippen LogP contribution is 2.43. The Balaban J connectivity index is 2.22. The summed E-state index contributed by atoms with van der Waals surface area (Å²) in [5.74, 6) is -0.876. The number of methoxy groups -OCH3 is 4. The molecule has 3 rings (SSSR count). The Morgan fingerprint density at radius 3 is 2.26 bits per heavy atom. The summed E-state index contributed by atoms with van der Waals surface area (Å²) in [6, 6.07) is 12.7. The van der Waals surface area contributed by atoms with Gasteiger partial charge in [-0.05, 0) is 12.1 Å². The van der Waals surface area contributed by atoms with Gasteiger partial charge >= 0.3 is 0 Å². The van der Waals surface area contributed by atoms with Crippen LogP contribution in [0.1, 0.15) is 17.2 Å². The van der Waals surface area contributed by atoms with Crippen LogP contribution in [0.25, 0.3) is 5.76 Å². The van der Waals surface area contributed by atoms with Crippen LogP contribution in [0, 0.1) is 0 Å². The van der Waals surface area contributed by atoms with Crippen molar-refractivity contribution in [3.63, 3.8) is 0 Å². The third-order valence-corrected chi connectivity index (χ3v) is 5.19. The molecule has 1 fully saturated rings. The number of Topliss-reactive ketones (excluding diaryl/α,β-unsaturated/α-hetero) is 1. The first-order valence-electron chi connectivity index (χ1n) is 9.58. The van der Waals surface area contributed by atoms with E-state index in [1.807, 2.05) is 0 Å². The molecule has 0 bridgehead atoms. The number of amides is 1. The van der Waals surface area contributed by atoms with Crippen LogP contribution in [-0.4, -0.2) is 63.0 Å². The molecule has 1 saturated heterocycles. The lowest BCUT2D eigenvalue weighted by atomic mass is 9.94. The Kier molecular flexibility index (Phi) is 6.94. The average Bonchev–Trinajstić information content (AvgIpc) is 3.06. The monoisotopic (exact) mass is 427 g/mol. The fourth-order valence-electron chi connectivity index (χ4n) is 3.59. The number of ketones is 1. The van der Waals surface area contributed by atoms with Gasteiger partial charge in [-0.25, -0.2) is 0 Å². The van der Waals surface area contributed by atoms with E-state index < -0.39 is 24.0 Å². The second-order valence-electron chi connectivity index (χ2n) is 6.83. The third-order valence-electron chi connectivity index (χ3n) is 5.19. The first kappa shape index (κ1) is 22.3. The lowest BCUT2D eigenvalue weighted by Crippen LogP contribution is -2.38. The van der Waals surface area contributed by atoms with E-state index in [-0.39, 0.29) is 17.9 Å². The Labute approximate surface area is 180 Å². The number of aliphatic hydroxyl groups is 1. The summed E-state index contributed by atoms with van der Waals surface area (Å²) in [4.78, 5) is 27.3. The molecule has 1 atom stereocenters. The maximum Gasteiger partial charge on any atom is 0.295 e. The summed E-state index contributed by atoms with van der Waals surface area (Å²) >= 11 is 0. The maximum atomic E-state index is 13.0. The van der Waals surface area contributed by atoms with E-state index in [1.54, 1.807) is 48.5 Å².